The van der Waals surface area contributed by atoms with Crippen LogP contribution < -0.4 is 0 Å². The summed E-state index contributed by atoms with van der Waals surface area (Å²) in [6.07, 6.45) is 11.2. The molecule has 0 radical (unpaired) electrons. The highest BCUT2D eigenvalue weighted by atomic mass is 16.4. The smallest absolute Gasteiger partial charge is 0.309 e. The molecule has 1 unspecified atom stereocenters. The maximum absolute atomic E-state index is 11.9. The van der Waals surface area contributed by atoms with Crippen molar-refractivity contribution in [2.24, 2.45) is 28.6 Å². The first-order valence-corrected chi connectivity index (χ1v) is 8.93. The maximum Gasteiger partial charge on any atom is 0.309 e. The molecule has 1 fully saturated rings. The van der Waals surface area contributed by atoms with Gasteiger partial charge in [-0.1, -0.05) is 44.9 Å². The van der Waals surface area contributed by atoms with E-state index in [0.29, 0.717) is 11.8 Å². The van der Waals surface area contributed by atoms with Crippen molar-refractivity contribution in [3.63, 3.8) is 0 Å². The molecule has 0 aromatic rings. The highest BCUT2D eigenvalue weighted by Crippen LogP contribution is 2.62. The zero-order chi connectivity index (χ0) is 16.1. The average molecular weight is 302 g/mol. The standard InChI is InChI=1S/C20H30O2/c1-13(2)14-6-8-16-15(12-14)7-9-17-19(16,3)10-5-11-20(17,4)18(21)22/h7,12-13,16-17H,5-6,8-11H2,1-4H3,(H,21,22)/t16?,17-,19+,20+/m0/s1. The summed E-state index contributed by atoms with van der Waals surface area (Å²) in [5, 5.41) is 9.83. The Morgan fingerprint density at radius 3 is 2.68 bits per heavy atom. The third-order valence-electron chi connectivity index (χ3n) is 7.07. The SMILES string of the molecule is CC(C)C1=CC2=CC[C@@H]3[C@](C)(C(=O)O)CCC[C@]3(C)C2CC1. The molecule has 22 heavy (non-hydrogen) atoms. The van der Waals surface area contributed by atoms with Crippen molar-refractivity contribution in [2.45, 2.75) is 66.2 Å². The summed E-state index contributed by atoms with van der Waals surface area (Å²) in [6, 6.07) is 0. The lowest BCUT2D eigenvalue weighted by atomic mass is 9.47. The first-order valence-electron chi connectivity index (χ1n) is 8.93. The minimum absolute atomic E-state index is 0.161. The molecule has 0 aromatic carbocycles. The summed E-state index contributed by atoms with van der Waals surface area (Å²) in [5.74, 6) is 0.888. The van der Waals surface area contributed by atoms with Crippen LogP contribution >= 0.6 is 0 Å². The van der Waals surface area contributed by atoms with E-state index >= 15 is 0 Å². The lowest BCUT2D eigenvalue weighted by molar-refractivity contribution is -0.162. The van der Waals surface area contributed by atoms with E-state index in [1.54, 1.807) is 5.57 Å². The van der Waals surface area contributed by atoms with Gasteiger partial charge in [0, 0.05) is 0 Å². The molecule has 0 spiro atoms. The van der Waals surface area contributed by atoms with E-state index in [1.807, 2.05) is 6.92 Å². The Bertz CT molecular complexity index is 542. The van der Waals surface area contributed by atoms with Crippen LogP contribution in [-0.2, 0) is 4.79 Å². The quantitative estimate of drug-likeness (QED) is 0.760. The molecule has 122 valence electrons. The van der Waals surface area contributed by atoms with E-state index in [0.717, 1.165) is 19.3 Å². The lowest BCUT2D eigenvalue weighted by Gasteiger charge is -2.57. The van der Waals surface area contributed by atoms with Crippen molar-refractivity contribution in [3.05, 3.63) is 23.3 Å². The van der Waals surface area contributed by atoms with Crippen LogP contribution in [0.4, 0.5) is 0 Å². The Kier molecular flexibility index (Phi) is 3.78. The minimum atomic E-state index is -0.588. The second kappa shape index (κ2) is 5.25. The van der Waals surface area contributed by atoms with Gasteiger partial charge in [0.15, 0.2) is 0 Å². The van der Waals surface area contributed by atoms with E-state index < -0.39 is 11.4 Å². The van der Waals surface area contributed by atoms with Crippen molar-refractivity contribution in [2.75, 3.05) is 0 Å². The number of hydrogen-bond acceptors (Lipinski definition) is 1. The second-order valence-electron chi connectivity index (χ2n) is 8.54. The fourth-order valence-corrected chi connectivity index (χ4v) is 5.60. The van der Waals surface area contributed by atoms with Crippen LogP contribution in [-0.4, -0.2) is 11.1 Å². The molecular formula is C20H30O2. The van der Waals surface area contributed by atoms with E-state index in [2.05, 4.69) is 32.9 Å². The molecule has 0 aromatic heterocycles. The Morgan fingerprint density at radius 2 is 2.05 bits per heavy atom. The van der Waals surface area contributed by atoms with Gasteiger partial charge in [-0.05, 0) is 67.8 Å². The highest BCUT2D eigenvalue weighted by Gasteiger charge is 2.57. The molecule has 3 rings (SSSR count). The number of rotatable bonds is 2. The van der Waals surface area contributed by atoms with Gasteiger partial charge >= 0.3 is 5.97 Å². The number of carboxylic acids is 1. The summed E-state index contributed by atoms with van der Waals surface area (Å²) in [4.78, 5) is 11.9. The summed E-state index contributed by atoms with van der Waals surface area (Å²) >= 11 is 0. The molecular weight excluding hydrogens is 272 g/mol. The molecule has 0 amide bonds. The van der Waals surface area contributed by atoms with Crippen molar-refractivity contribution >= 4 is 5.97 Å². The monoisotopic (exact) mass is 302 g/mol. The molecule has 1 saturated carbocycles. The molecule has 2 nitrogen and oxygen atoms in total. The molecule has 0 aliphatic heterocycles. The van der Waals surface area contributed by atoms with Gasteiger partial charge in [-0.2, -0.15) is 0 Å². The van der Waals surface area contributed by atoms with E-state index in [9.17, 15) is 9.90 Å². The zero-order valence-electron chi connectivity index (χ0n) is 14.5. The summed E-state index contributed by atoms with van der Waals surface area (Å²) in [6.45, 7) is 8.93. The van der Waals surface area contributed by atoms with Crippen molar-refractivity contribution < 1.29 is 9.90 Å². The summed E-state index contributed by atoms with van der Waals surface area (Å²) in [7, 11) is 0. The number of carboxylic acid groups (broad SMARTS) is 1. The third-order valence-corrected chi connectivity index (χ3v) is 7.07. The van der Waals surface area contributed by atoms with Gasteiger partial charge in [-0.25, -0.2) is 0 Å². The molecule has 4 atom stereocenters. The van der Waals surface area contributed by atoms with Crippen LogP contribution in [0.2, 0.25) is 0 Å². The van der Waals surface area contributed by atoms with Crippen molar-refractivity contribution in [1.82, 2.24) is 0 Å². The van der Waals surface area contributed by atoms with Gasteiger partial charge in [0.25, 0.3) is 0 Å². The van der Waals surface area contributed by atoms with Crippen LogP contribution in [0.15, 0.2) is 23.3 Å². The fraction of sp³-hybridized carbons (Fsp3) is 0.750. The van der Waals surface area contributed by atoms with E-state index in [4.69, 9.17) is 0 Å². The second-order valence-corrected chi connectivity index (χ2v) is 8.54. The van der Waals surface area contributed by atoms with Gasteiger partial charge in [-0.3, -0.25) is 4.79 Å². The molecule has 3 aliphatic rings. The van der Waals surface area contributed by atoms with Gasteiger partial charge in [-0.15, -0.1) is 0 Å². The van der Waals surface area contributed by atoms with E-state index in [1.165, 1.54) is 24.8 Å². The molecule has 3 aliphatic carbocycles. The molecule has 2 heteroatoms. The Labute approximate surface area is 134 Å². The highest BCUT2D eigenvalue weighted by molar-refractivity contribution is 5.75. The minimum Gasteiger partial charge on any atom is -0.481 e. The van der Waals surface area contributed by atoms with Gasteiger partial charge in [0.2, 0.25) is 0 Å². The Balaban J connectivity index is 2.00. The normalized spacial score (nSPS) is 41.3. The summed E-state index contributed by atoms with van der Waals surface area (Å²) < 4.78 is 0. The zero-order valence-corrected chi connectivity index (χ0v) is 14.5. The van der Waals surface area contributed by atoms with Crippen molar-refractivity contribution in [1.29, 1.82) is 0 Å². The van der Waals surface area contributed by atoms with Gasteiger partial charge in [0.1, 0.15) is 0 Å². The van der Waals surface area contributed by atoms with Crippen molar-refractivity contribution in [3.8, 4) is 0 Å². The lowest BCUT2D eigenvalue weighted by Crippen LogP contribution is -2.53. The van der Waals surface area contributed by atoms with Crippen LogP contribution in [0.3, 0.4) is 0 Å². The van der Waals surface area contributed by atoms with Gasteiger partial charge in [0.05, 0.1) is 5.41 Å². The van der Waals surface area contributed by atoms with Crippen LogP contribution in [0, 0.1) is 28.6 Å². The van der Waals surface area contributed by atoms with Crippen LogP contribution in [0.1, 0.15) is 66.2 Å². The molecule has 0 saturated heterocycles. The van der Waals surface area contributed by atoms with Crippen LogP contribution in [0.25, 0.3) is 0 Å². The number of allylic oxidation sites excluding steroid dienone is 4. The van der Waals surface area contributed by atoms with E-state index in [-0.39, 0.29) is 11.3 Å². The Hall–Kier alpha value is -1.05. The van der Waals surface area contributed by atoms with Crippen LogP contribution in [0.5, 0.6) is 0 Å². The number of carbonyl (C=O) groups is 1. The van der Waals surface area contributed by atoms with Gasteiger partial charge < -0.3 is 5.11 Å². The molecule has 0 heterocycles. The number of hydrogen-bond donors (Lipinski definition) is 1. The average Bonchev–Trinajstić information content (AvgIpc) is 2.46. The first-order chi connectivity index (χ1) is 10.3. The predicted molar refractivity (Wildman–Crippen MR) is 89.5 cm³/mol. The fourth-order valence-electron chi connectivity index (χ4n) is 5.60. The maximum atomic E-state index is 11.9. The first kappa shape index (κ1) is 15.8. The number of fused-ring (bicyclic) bond motifs is 3. The third kappa shape index (κ3) is 2.18. The topological polar surface area (TPSA) is 37.3 Å². The number of aliphatic carboxylic acids is 1. The predicted octanol–water partition coefficient (Wildman–Crippen LogP) is 5.21. The summed E-state index contributed by atoms with van der Waals surface area (Å²) in [5.41, 5.74) is 2.69. The molecule has 0 bridgehead atoms. The Morgan fingerprint density at radius 1 is 1.32 bits per heavy atom. The largest absolute Gasteiger partial charge is 0.481 e. The molecule has 1 N–H and O–H groups in total.